The first-order valence-electron chi connectivity index (χ1n) is 10.4. The second-order valence-electron chi connectivity index (χ2n) is 8.59. The molecule has 2 fully saturated rings. The van der Waals surface area contributed by atoms with E-state index in [0.29, 0.717) is 35.6 Å². The lowest BCUT2D eigenvalue weighted by atomic mass is 10.0. The zero-order chi connectivity index (χ0) is 23.2. The predicted molar refractivity (Wildman–Crippen MR) is 125 cm³/mol. The number of thiocarbonyl (C=S) groups is 1. The molecule has 0 aromatic heterocycles. The Labute approximate surface area is 192 Å². The van der Waals surface area contributed by atoms with Gasteiger partial charge in [-0.3, -0.25) is 14.5 Å². The molecule has 2 aromatic carbocycles. The minimum atomic E-state index is -1.03. The average molecular weight is 451 g/mol. The fourth-order valence-corrected chi connectivity index (χ4v) is 4.76. The van der Waals surface area contributed by atoms with Crippen LogP contribution in [0.15, 0.2) is 36.4 Å². The van der Waals surface area contributed by atoms with Gasteiger partial charge in [0.2, 0.25) is 5.91 Å². The van der Waals surface area contributed by atoms with Crippen LogP contribution in [0.5, 0.6) is 0 Å². The van der Waals surface area contributed by atoms with Gasteiger partial charge in [-0.1, -0.05) is 12.1 Å². The van der Waals surface area contributed by atoms with Gasteiger partial charge in [-0.25, -0.2) is 9.24 Å². The van der Waals surface area contributed by atoms with Gasteiger partial charge in [-0.05, 0) is 69.2 Å². The number of benzene rings is 2. The molecule has 2 aliphatic heterocycles. The minimum Gasteiger partial charge on any atom is -0.338 e. The number of hydrogen-bond acceptors (Lipinski definition) is 3. The van der Waals surface area contributed by atoms with Gasteiger partial charge in [0.25, 0.3) is 5.91 Å². The van der Waals surface area contributed by atoms with Gasteiger partial charge in [0.1, 0.15) is 11.4 Å². The highest BCUT2D eigenvalue weighted by atomic mass is 32.1. The molecule has 6 nitrogen and oxygen atoms in total. The minimum absolute atomic E-state index is 0.0381. The Bertz CT molecular complexity index is 1190. The van der Waals surface area contributed by atoms with Gasteiger partial charge in [0, 0.05) is 36.4 Å². The largest absolute Gasteiger partial charge is 0.338 e. The Morgan fingerprint density at radius 1 is 1.16 bits per heavy atom. The van der Waals surface area contributed by atoms with Crippen LogP contribution in [-0.4, -0.2) is 33.9 Å². The highest BCUT2D eigenvalue weighted by molar-refractivity contribution is 7.81. The number of rotatable bonds is 4. The van der Waals surface area contributed by atoms with E-state index in [4.69, 9.17) is 18.8 Å². The molecule has 32 heavy (non-hydrogen) atoms. The third-order valence-electron chi connectivity index (χ3n) is 6.05. The Kier molecular flexibility index (Phi) is 5.47. The summed E-state index contributed by atoms with van der Waals surface area (Å²) < 4.78 is 15.0. The van der Waals surface area contributed by atoms with E-state index >= 15 is 0 Å². The lowest BCUT2D eigenvalue weighted by Gasteiger charge is -2.29. The van der Waals surface area contributed by atoms with Gasteiger partial charge >= 0.3 is 0 Å². The van der Waals surface area contributed by atoms with Crippen LogP contribution in [0.3, 0.4) is 0 Å². The molecule has 0 spiro atoms. The molecule has 0 N–H and O–H groups in total. The SMILES string of the molecule is [C-]#[N+]c1ccc(N2C(=O)C(C)(C)N(c3ccc(CN4CCCC4=O)c(F)c3)C2=S)cc1C. The molecule has 164 valence electrons. The van der Waals surface area contributed by atoms with Gasteiger partial charge in [-0.15, -0.1) is 0 Å². The number of anilines is 2. The Morgan fingerprint density at radius 2 is 1.88 bits per heavy atom. The van der Waals surface area contributed by atoms with Crippen molar-refractivity contribution < 1.29 is 14.0 Å². The number of amides is 2. The standard InChI is InChI=1S/C24H23FN4O2S/c1-15-12-17(9-10-20(15)26-4)28-22(31)24(2,3)29(23(28)32)18-8-7-16(19(25)13-18)14-27-11-5-6-21(27)30/h7-10,12-13H,5-6,11,14H2,1-3H3. The third kappa shape index (κ3) is 3.53. The molecular weight excluding hydrogens is 427 g/mol. The second kappa shape index (κ2) is 7.99. The summed E-state index contributed by atoms with van der Waals surface area (Å²) in [6.07, 6.45) is 1.30. The summed E-state index contributed by atoms with van der Waals surface area (Å²) in [5, 5.41) is 0.247. The maximum atomic E-state index is 15.0. The fraction of sp³-hybridized carbons (Fsp3) is 0.333. The van der Waals surface area contributed by atoms with Crippen molar-refractivity contribution >= 4 is 46.2 Å². The molecule has 0 bridgehead atoms. The number of carbonyl (C=O) groups excluding carboxylic acids is 2. The summed E-state index contributed by atoms with van der Waals surface area (Å²) in [5.74, 6) is -0.635. The summed E-state index contributed by atoms with van der Waals surface area (Å²) in [6.45, 7) is 13.4. The van der Waals surface area contributed by atoms with Crippen molar-refractivity contribution in [1.82, 2.24) is 4.90 Å². The zero-order valence-corrected chi connectivity index (χ0v) is 19.0. The predicted octanol–water partition coefficient (Wildman–Crippen LogP) is 4.72. The lowest BCUT2D eigenvalue weighted by molar-refractivity contribution is -0.128. The van der Waals surface area contributed by atoms with Crippen molar-refractivity contribution in [2.24, 2.45) is 0 Å². The molecule has 2 amide bonds. The molecule has 0 aliphatic carbocycles. The number of aryl methyl sites for hydroxylation is 1. The smallest absolute Gasteiger partial charge is 0.259 e. The van der Waals surface area contributed by atoms with Crippen molar-refractivity contribution in [3.05, 3.63) is 64.8 Å². The van der Waals surface area contributed by atoms with E-state index < -0.39 is 11.4 Å². The monoisotopic (exact) mass is 450 g/mol. The van der Waals surface area contributed by atoms with Crippen LogP contribution < -0.4 is 9.80 Å². The van der Waals surface area contributed by atoms with Crippen molar-refractivity contribution in [2.45, 2.75) is 45.7 Å². The van der Waals surface area contributed by atoms with Crippen molar-refractivity contribution in [3.63, 3.8) is 0 Å². The van der Waals surface area contributed by atoms with Gasteiger partial charge in [0.05, 0.1) is 6.57 Å². The molecule has 2 aromatic rings. The quantitative estimate of drug-likeness (QED) is 0.499. The van der Waals surface area contributed by atoms with Crippen molar-refractivity contribution in [2.75, 3.05) is 16.3 Å². The Morgan fingerprint density at radius 3 is 2.47 bits per heavy atom. The van der Waals surface area contributed by atoms with Crippen LogP contribution in [-0.2, 0) is 16.1 Å². The van der Waals surface area contributed by atoms with E-state index in [1.165, 1.54) is 11.0 Å². The molecule has 0 unspecified atom stereocenters. The Hall–Kier alpha value is -3.31. The van der Waals surface area contributed by atoms with E-state index in [-0.39, 0.29) is 23.5 Å². The highest BCUT2D eigenvalue weighted by Gasteiger charge is 2.50. The van der Waals surface area contributed by atoms with E-state index in [9.17, 15) is 14.0 Å². The first kappa shape index (κ1) is 21.9. The van der Waals surface area contributed by atoms with Gasteiger partial charge in [0.15, 0.2) is 10.8 Å². The summed E-state index contributed by atoms with van der Waals surface area (Å²) in [4.78, 5) is 33.4. The second-order valence-corrected chi connectivity index (χ2v) is 8.96. The first-order valence-corrected chi connectivity index (χ1v) is 10.8. The van der Waals surface area contributed by atoms with E-state index in [0.717, 1.165) is 12.0 Å². The maximum Gasteiger partial charge on any atom is 0.259 e. The number of halogens is 1. The number of carbonyl (C=O) groups is 2. The molecule has 0 saturated carbocycles. The van der Waals surface area contributed by atoms with Crippen LogP contribution >= 0.6 is 12.2 Å². The van der Waals surface area contributed by atoms with Crippen LogP contribution in [0.1, 0.15) is 37.8 Å². The molecule has 2 heterocycles. The van der Waals surface area contributed by atoms with Crippen LogP contribution in [0.4, 0.5) is 21.5 Å². The first-order chi connectivity index (χ1) is 15.1. The number of hydrogen-bond donors (Lipinski definition) is 0. The molecule has 4 rings (SSSR count). The van der Waals surface area contributed by atoms with Crippen molar-refractivity contribution in [1.29, 1.82) is 0 Å². The van der Waals surface area contributed by atoms with E-state index in [1.807, 2.05) is 6.92 Å². The normalized spacial score (nSPS) is 18.0. The zero-order valence-electron chi connectivity index (χ0n) is 18.2. The van der Waals surface area contributed by atoms with Gasteiger partial charge in [-0.2, -0.15) is 0 Å². The summed E-state index contributed by atoms with van der Waals surface area (Å²) in [7, 11) is 0. The molecule has 2 saturated heterocycles. The summed E-state index contributed by atoms with van der Waals surface area (Å²) in [6, 6.07) is 9.87. The average Bonchev–Trinajstić information content (AvgIpc) is 3.21. The van der Waals surface area contributed by atoms with E-state index in [1.54, 1.807) is 54.0 Å². The number of likely N-dealkylation sites (tertiary alicyclic amines) is 1. The number of nitrogens with zero attached hydrogens (tertiary/aromatic N) is 4. The molecule has 2 aliphatic rings. The van der Waals surface area contributed by atoms with Crippen LogP contribution in [0, 0.1) is 19.3 Å². The molecular formula is C24H23FN4O2S. The van der Waals surface area contributed by atoms with Crippen LogP contribution in [0.2, 0.25) is 0 Å². The lowest BCUT2D eigenvalue weighted by Crippen LogP contribution is -2.44. The van der Waals surface area contributed by atoms with Gasteiger partial charge < -0.3 is 9.80 Å². The topological polar surface area (TPSA) is 48.2 Å². The molecule has 0 atom stereocenters. The maximum absolute atomic E-state index is 15.0. The summed E-state index contributed by atoms with van der Waals surface area (Å²) >= 11 is 5.66. The van der Waals surface area contributed by atoms with E-state index in [2.05, 4.69) is 4.85 Å². The molecule has 0 radical (unpaired) electrons. The third-order valence-corrected chi connectivity index (χ3v) is 6.42. The van der Waals surface area contributed by atoms with Crippen molar-refractivity contribution in [3.8, 4) is 0 Å². The van der Waals surface area contributed by atoms with Crippen LogP contribution in [0.25, 0.3) is 4.85 Å². The molecule has 8 heteroatoms. The summed E-state index contributed by atoms with van der Waals surface area (Å²) in [5.41, 5.74) is 1.71. The highest BCUT2D eigenvalue weighted by Crippen LogP contribution is 2.38. The Balaban J connectivity index is 1.66. The fourth-order valence-electron chi connectivity index (χ4n) is 4.24.